The first-order valence-corrected chi connectivity index (χ1v) is 10.2. The van der Waals surface area contributed by atoms with E-state index in [4.69, 9.17) is 9.26 Å². The monoisotopic (exact) mass is 454 g/mol. The van der Waals surface area contributed by atoms with Crippen LogP contribution in [0.4, 0.5) is 8.78 Å². The van der Waals surface area contributed by atoms with Crippen molar-refractivity contribution in [1.82, 2.24) is 20.0 Å². The number of nitrogens with one attached hydrogen (secondary N) is 1. The Labute approximate surface area is 186 Å². The summed E-state index contributed by atoms with van der Waals surface area (Å²) in [5.74, 6) is -1.12. The second kappa shape index (κ2) is 9.60. The fourth-order valence-electron chi connectivity index (χ4n) is 3.31. The Balaban J connectivity index is 1.45. The van der Waals surface area contributed by atoms with Crippen molar-refractivity contribution in [2.75, 3.05) is 6.61 Å². The summed E-state index contributed by atoms with van der Waals surface area (Å²) in [6.45, 7) is 2.86. The maximum atomic E-state index is 13.6. The maximum Gasteiger partial charge on any atom is 0.266 e. The molecule has 0 saturated heterocycles. The van der Waals surface area contributed by atoms with E-state index in [0.717, 1.165) is 23.4 Å². The van der Waals surface area contributed by atoms with Crippen molar-refractivity contribution in [2.45, 2.75) is 26.4 Å². The molecule has 4 aromatic rings. The van der Waals surface area contributed by atoms with Crippen LogP contribution in [0.2, 0.25) is 0 Å². The Hall–Kier alpha value is -4.08. The molecule has 2 heterocycles. The highest BCUT2D eigenvalue weighted by Gasteiger charge is 2.18. The van der Waals surface area contributed by atoms with Gasteiger partial charge in [-0.15, -0.1) is 0 Å². The minimum atomic E-state index is -0.811. The molecule has 2 aromatic heterocycles. The number of aryl methyl sites for hydroxylation is 1. The molecule has 0 aliphatic heterocycles. The number of hydrogen-bond acceptors (Lipinski definition) is 6. The molecule has 4 rings (SSSR count). The van der Waals surface area contributed by atoms with E-state index in [2.05, 4.69) is 15.5 Å². The molecule has 0 aliphatic carbocycles. The lowest BCUT2D eigenvalue weighted by Gasteiger charge is -2.08. The Morgan fingerprint density at radius 3 is 2.58 bits per heavy atom. The number of aromatic nitrogens is 3. The largest absolute Gasteiger partial charge is 0.494 e. The molecule has 0 saturated carbocycles. The molecule has 0 spiro atoms. The molecule has 0 fully saturated rings. The molecule has 0 atom stereocenters. The van der Waals surface area contributed by atoms with Crippen molar-refractivity contribution in [1.29, 1.82) is 0 Å². The van der Waals surface area contributed by atoms with Gasteiger partial charge in [0.2, 0.25) is 5.91 Å². The van der Waals surface area contributed by atoms with Crippen molar-refractivity contribution >= 4 is 17.0 Å². The van der Waals surface area contributed by atoms with Crippen LogP contribution in [0.3, 0.4) is 0 Å². The van der Waals surface area contributed by atoms with Gasteiger partial charge in [-0.25, -0.2) is 13.8 Å². The van der Waals surface area contributed by atoms with Crippen LogP contribution in [0.1, 0.15) is 18.9 Å². The van der Waals surface area contributed by atoms with E-state index in [0.29, 0.717) is 19.2 Å². The molecule has 170 valence electrons. The first-order valence-electron chi connectivity index (χ1n) is 10.2. The normalized spacial score (nSPS) is 11.0. The Morgan fingerprint density at radius 2 is 1.88 bits per heavy atom. The number of halogens is 2. The highest BCUT2D eigenvalue weighted by atomic mass is 19.1. The molecular formula is C23H20F2N4O4. The minimum absolute atomic E-state index is 0.0164. The highest BCUT2D eigenvalue weighted by Crippen LogP contribution is 2.25. The third-order valence-corrected chi connectivity index (χ3v) is 4.90. The van der Waals surface area contributed by atoms with Gasteiger partial charge in [0.15, 0.2) is 0 Å². The summed E-state index contributed by atoms with van der Waals surface area (Å²) in [5.41, 5.74) is 0.353. The van der Waals surface area contributed by atoms with Crippen LogP contribution in [0.25, 0.3) is 22.4 Å². The van der Waals surface area contributed by atoms with E-state index in [9.17, 15) is 18.4 Å². The minimum Gasteiger partial charge on any atom is -0.494 e. The zero-order chi connectivity index (χ0) is 23.4. The van der Waals surface area contributed by atoms with Gasteiger partial charge < -0.3 is 14.6 Å². The first kappa shape index (κ1) is 22.1. The molecule has 1 N–H and O–H groups in total. The molecule has 0 unspecified atom stereocenters. The zero-order valence-corrected chi connectivity index (χ0v) is 17.7. The summed E-state index contributed by atoms with van der Waals surface area (Å²) in [7, 11) is 0. The maximum absolute atomic E-state index is 13.6. The SMILES string of the molecule is CCOc1ccc(CNC(=O)CCn2cnc3onc(-c4cc(F)cc(F)c4)c3c2=O)cc1. The van der Waals surface area contributed by atoms with Gasteiger partial charge in [0, 0.05) is 31.1 Å². The van der Waals surface area contributed by atoms with Gasteiger partial charge in [-0.2, -0.15) is 0 Å². The van der Waals surface area contributed by atoms with Gasteiger partial charge >= 0.3 is 0 Å². The summed E-state index contributed by atoms with van der Waals surface area (Å²) < 4.78 is 38.9. The Morgan fingerprint density at radius 1 is 1.15 bits per heavy atom. The molecular weight excluding hydrogens is 434 g/mol. The predicted octanol–water partition coefficient (Wildman–Crippen LogP) is 3.43. The quantitative estimate of drug-likeness (QED) is 0.438. The van der Waals surface area contributed by atoms with Crippen LogP contribution in [-0.2, 0) is 17.9 Å². The molecule has 8 nitrogen and oxygen atoms in total. The third kappa shape index (κ3) is 5.05. The lowest BCUT2D eigenvalue weighted by molar-refractivity contribution is -0.121. The van der Waals surface area contributed by atoms with Gasteiger partial charge in [0.1, 0.15) is 34.8 Å². The van der Waals surface area contributed by atoms with Crippen molar-refractivity contribution in [3.63, 3.8) is 0 Å². The van der Waals surface area contributed by atoms with E-state index in [1.165, 1.54) is 10.9 Å². The molecule has 33 heavy (non-hydrogen) atoms. The van der Waals surface area contributed by atoms with E-state index >= 15 is 0 Å². The van der Waals surface area contributed by atoms with Crippen LogP contribution in [0.5, 0.6) is 5.75 Å². The van der Waals surface area contributed by atoms with Gasteiger partial charge in [0.05, 0.1) is 6.61 Å². The number of amides is 1. The Bertz CT molecular complexity index is 1330. The van der Waals surface area contributed by atoms with Crippen molar-refractivity contribution in [2.24, 2.45) is 0 Å². The standard InChI is InChI=1S/C23H20F2N4O4/c1-2-32-18-5-3-14(4-6-18)12-26-19(30)7-8-29-13-27-22-20(23(29)31)21(28-33-22)15-9-16(24)11-17(25)10-15/h3-6,9-11,13H,2,7-8,12H2,1H3,(H,26,30). The van der Waals surface area contributed by atoms with Gasteiger partial charge in [-0.05, 0) is 36.8 Å². The predicted molar refractivity (Wildman–Crippen MR) is 115 cm³/mol. The molecule has 0 aliphatic rings. The summed E-state index contributed by atoms with van der Waals surface area (Å²) in [4.78, 5) is 29.2. The van der Waals surface area contributed by atoms with Crippen LogP contribution in [0.15, 0.2) is 58.1 Å². The molecule has 2 aromatic carbocycles. The van der Waals surface area contributed by atoms with Crippen LogP contribution in [0, 0.1) is 11.6 Å². The van der Waals surface area contributed by atoms with Crippen LogP contribution < -0.4 is 15.6 Å². The lowest BCUT2D eigenvalue weighted by Crippen LogP contribution is -2.27. The molecule has 10 heteroatoms. The lowest BCUT2D eigenvalue weighted by atomic mass is 10.1. The summed E-state index contributed by atoms with van der Waals surface area (Å²) in [6.07, 6.45) is 1.27. The average molecular weight is 454 g/mol. The summed E-state index contributed by atoms with van der Waals surface area (Å²) >= 11 is 0. The third-order valence-electron chi connectivity index (χ3n) is 4.90. The number of ether oxygens (including phenoxy) is 1. The second-order valence-electron chi connectivity index (χ2n) is 7.22. The van der Waals surface area contributed by atoms with Crippen molar-refractivity contribution < 1.29 is 22.8 Å². The van der Waals surface area contributed by atoms with Gasteiger partial charge in [-0.1, -0.05) is 17.3 Å². The summed E-state index contributed by atoms with van der Waals surface area (Å²) in [5, 5.41) is 6.53. The number of carbonyl (C=O) groups is 1. The second-order valence-corrected chi connectivity index (χ2v) is 7.22. The molecule has 0 bridgehead atoms. The van der Waals surface area contributed by atoms with Crippen LogP contribution in [-0.4, -0.2) is 27.2 Å². The van der Waals surface area contributed by atoms with E-state index < -0.39 is 17.2 Å². The number of nitrogens with zero attached hydrogens (tertiary/aromatic N) is 3. The fraction of sp³-hybridized carbons (Fsp3) is 0.217. The fourth-order valence-corrected chi connectivity index (χ4v) is 3.31. The molecule has 1 amide bonds. The number of hydrogen-bond donors (Lipinski definition) is 1. The van der Waals surface area contributed by atoms with Crippen molar-refractivity contribution in [3.8, 4) is 17.0 Å². The Kier molecular flexibility index (Phi) is 6.43. The van der Waals surface area contributed by atoms with E-state index in [1.807, 2.05) is 31.2 Å². The van der Waals surface area contributed by atoms with Gasteiger partial charge in [0.25, 0.3) is 11.3 Å². The van der Waals surface area contributed by atoms with E-state index in [-0.39, 0.29) is 41.2 Å². The van der Waals surface area contributed by atoms with Crippen molar-refractivity contribution in [3.05, 3.63) is 76.3 Å². The van der Waals surface area contributed by atoms with Crippen LogP contribution >= 0.6 is 0 Å². The first-order chi connectivity index (χ1) is 15.9. The summed E-state index contributed by atoms with van der Waals surface area (Å²) in [6, 6.07) is 10.2. The number of carbonyl (C=O) groups excluding carboxylic acids is 1. The number of benzene rings is 2. The highest BCUT2D eigenvalue weighted by molar-refractivity contribution is 5.88. The molecule has 0 radical (unpaired) electrons. The smallest absolute Gasteiger partial charge is 0.266 e. The topological polar surface area (TPSA) is 99.2 Å². The number of rotatable bonds is 8. The zero-order valence-electron chi connectivity index (χ0n) is 17.7. The van der Waals surface area contributed by atoms with E-state index in [1.54, 1.807) is 0 Å². The van der Waals surface area contributed by atoms with Gasteiger partial charge in [-0.3, -0.25) is 14.2 Å². The number of fused-ring (bicyclic) bond motifs is 1. The average Bonchev–Trinajstić information content (AvgIpc) is 3.23.